The molecule has 7 heteroatoms. The van der Waals surface area contributed by atoms with E-state index in [2.05, 4.69) is 38.1 Å². The zero-order valence-electron chi connectivity index (χ0n) is 13.4. The fourth-order valence-corrected chi connectivity index (χ4v) is 4.29. The van der Waals surface area contributed by atoms with Gasteiger partial charge in [0, 0.05) is 30.9 Å². The van der Waals surface area contributed by atoms with E-state index >= 15 is 0 Å². The van der Waals surface area contributed by atoms with Crippen LogP contribution in [0.25, 0.3) is 10.2 Å². The van der Waals surface area contributed by atoms with Crippen molar-refractivity contribution in [2.45, 2.75) is 32.1 Å². The maximum absolute atomic E-state index is 4.60. The number of aromatic nitrogens is 5. The number of thiophene rings is 1. The lowest BCUT2D eigenvalue weighted by atomic mass is 9.97. The van der Waals surface area contributed by atoms with Crippen LogP contribution in [0.15, 0.2) is 18.7 Å². The van der Waals surface area contributed by atoms with Crippen molar-refractivity contribution in [3.8, 4) is 0 Å². The van der Waals surface area contributed by atoms with Crippen molar-refractivity contribution in [1.82, 2.24) is 24.7 Å². The summed E-state index contributed by atoms with van der Waals surface area (Å²) in [7, 11) is 2.02. The van der Waals surface area contributed by atoms with Crippen LogP contribution in [0.2, 0.25) is 0 Å². The zero-order valence-corrected chi connectivity index (χ0v) is 14.3. The van der Waals surface area contributed by atoms with Gasteiger partial charge in [-0.3, -0.25) is 0 Å². The molecular weight excluding hydrogens is 308 g/mol. The van der Waals surface area contributed by atoms with E-state index in [0.717, 1.165) is 48.8 Å². The van der Waals surface area contributed by atoms with Crippen LogP contribution in [0, 0.1) is 0 Å². The van der Waals surface area contributed by atoms with Gasteiger partial charge in [-0.25, -0.2) is 9.97 Å². The Bertz CT molecular complexity index is 823. The van der Waals surface area contributed by atoms with Gasteiger partial charge in [-0.1, -0.05) is 6.92 Å². The molecule has 6 nitrogen and oxygen atoms in total. The lowest BCUT2D eigenvalue weighted by Crippen LogP contribution is -2.36. The topological polar surface area (TPSA) is 59.7 Å². The van der Waals surface area contributed by atoms with E-state index in [0.29, 0.717) is 5.92 Å². The van der Waals surface area contributed by atoms with Crippen LogP contribution < -0.4 is 4.90 Å². The number of nitrogens with zero attached hydrogens (tertiary/aromatic N) is 6. The van der Waals surface area contributed by atoms with Crippen LogP contribution in [-0.4, -0.2) is 37.8 Å². The summed E-state index contributed by atoms with van der Waals surface area (Å²) in [5.74, 6) is 2.54. The molecule has 23 heavy (non-hydrogen) atoms. The molecule has 4 heterocycles. The summed E-state index contributed by atoms with van der Waals surface area (Å²) in [6.07, 6.45) is 6.82. The van der Waals surface area contributed by atoms with E-state index in [-0.39, 0.29) is 0 Å². The van der Waals surface area contributed by atoms with E-state index < -0.39 is 0 Å². The summed E-state index contributed by atoms with van der Waals surface area (Å²) >= 11 is 1.77. The highest BCUT2D eigenvalue weighted by Gasteiger charge is 2.26. The first-order valence-electron chi connectivity index (χ1n) is 8.08. The summed E-state index contributed by atoms with van der Waals surface area (Å²) in [5, 5.41) is 9.52. The Morgan fingerprint density at radius 1 is 1.35 bits per heavy atom. The minimum atomic E-state index is 0.408. The lowest BCUT2D eigenvalue weighted by Gasteiger charge is -2.33. The maximum Gasteiger partial charge on any atom is 0.140 e. The molecule has 0 radical (unpaired) electrons. The third kappa shape index (κ3) is 2.59. The number of aryl methyl sites for hydroxylation is 2. The molecule has 3 aromatic heterocycles. The molecule has 0 amide bonds. The molecule has 0 saturated carbocycles. The highest BCUT2D eigenvalue weighted by Crippen LogP contribution is 2.34. The largest absolute Gasteiger partial charge is 0.355 e. The average Bonchev–Trinajstić information content (AvgIpc) is 3.20. The van der Waals surface area contributed by atoms with E-state index in [9.17, 15) is 0 Å². The number of hydrogen-bond donors (Lipinski definition) is 0. The number of fused-ring (bicyclic) bond motifs is 1. The Balaban J connectivity index is 1.67. The van der Waals surface area contributed by atoms with Gasteiger partial charge in [0.05, 0.1) is 5.39 Å². The van der Waals surface area contributed by atoms with Gasteiger partial charge in [-0.2, -0.15) is 0 Å². The average molecular weight is 328 g/mol. The highest BCUT2D eigenvalue weighted by atomic mass is 32.1. The molecule has 3 aromatic rings. The summed E-state index contributed by atoms with van der Waals surface area (Å²) in [5.41, 5.74) is 0. The molecule has 1 atom stereocenters. The van der Waals surface area contributed by atoms with Crippen LogP contribution in [0.3, 0.4) is 0 Å². The van der Waals surface area contributed by atoms with Crippen LogP contribution >= 0.6 is 11.3 Å². The Kier molecular flexibility index (Phi) is 3.72. The second-order valence-corrected chi connectivity index (χ2v) is 7.18. The summed E-state index contributed by atoms with van der Waals surface area (Å²) in [4.78, 5) is 13.9. The summed E-state index contributed by atoms with van der Waals surface area (Å²) < 4.78 is 2.03. The third-order valence-electron chi connectivity index (χ3n) is 4.54. The van der Waals surface area contributed by atoms with Crippen molar-refractivity contribution in [2.75, 3.05) is 18.0 Å². The molecule has 120 valence electrons. The van der Waals surface area contributed by atoms with Crippen LogP contribution in [0.5, 0.6) is 0 Å². The standard InChI is InChI=1S/C16H20N6S/c1-3-12-7-13-15(17-9-18-16(13)23-12)22-6-4-5-11(8-22)14-20-19-10-21(14)2/h7,9-11H,3-6,8H2,1-2H3/t11-/m0/s1. The quantitative estimate of drug-likeness (QED) is 0.740. The first-order valence-corrected chi connectivity index (χ1v) is 8.90. The van der Waals surface area contributed by atoms with Crippen LogP contribution in [0.4, 0.5) is 5.82 Å². The molecule has 1 saturated heterocycles. The van der Waals surface area contributed by atoms with Crippen molar-refractivity contribution >= 4 is 27.4 Å². The molecule has 0 N–H and O–H groups in total. The van der Waals surface area contributed by atoms with E-state index in [4.69, 9.17) is 0 Å². The van der Waals surface area contributed by atoms with Crippen molar-refractivity contribution < 1.29 is 0 Å². The summed E-state index contributed by atoms with van der Waals surface area (Å²) in [6, 6.07) is 2.25. The van der Waals surface area contributed by atoms with Gasteiger partial charge in [-0.05, 0) is 25.3 Å². The highest BCUT2D eigenvalue weighted by molar-refractivity contribution is 7.18. The predicted molar refractivity (Wildman–Crippen MR) is 92.0 cm³/mol. The minimum absolute atomic E-state index is 0.408. The molecule has 1 aliphatic rings. The van der Waals surface area contributed by atoms with Gasteiger partial charge in [0.2, 0.25) is 0 Å². The molecule has 1 aliphatic heterocycles. The van der Waals surface area contributed by atoms with Crippen molar-refractivity contribution in [2.24, 2.45) is 7.05 Å². The molecule has 1 fully saturated rings. The van der Waals surface area contributed by atoms with Crippen LogP contribution in [0.1, 0.15) is 36.4 Å². The predicted octanol–water partition coefficient (Wildman–Crippen LogP) is 2.77. The monoisotopic (exact) mass is 328 g/mol. The Morgan fingerprint density at radius 2 is 2.26 bits per heavy atom. The van der Waals surface area contributed by atoms with Gasteiger partial charge in [-0.15, -0.1) is 21.5 Å². The minimum Gasteiger partial charge on any atom is -0.355 e. The Labute approximate surface area is 139 Å². The fraction of sp³-hybridized carbons (Fsp3) is 0.500. The number of hydrogen-bond acceptors (Lipinski definition) is 6. The van der Waals surface area contributed by atoms with Crippen molar-refractivity contribution in [3.05, 3.63) is 29.4 Å². The normalized spacial score (nSPS) is 18.7. The van der Waals surface area contributed by atoms with Gasteiger partial charge >= 0.3 is 0 Å². The molecule has 0 bridgehead atoms. The number of rotatable bonds is 3. The first kappa shape index (κ1) is 14.6. The number of anilines is 1. The van der Waals surface area contributed by atoms with E-state index in [1.807, 2.05) is 11.6 Å². The van der Waals surface area contributed by atoms with E-state index in [1.54, 1.807) is 24.0 Å². The van der Waals surface area contributed by atoms with Crippen molar-refractivity contribution in [1.29, 1.82) is 0 Å². The first-order chi connectivity index (χ1) is 11.3. The van der Waals surface area contributed by atoms with Gasteiger partial charge in [0.15, 0.2) is 0 Å². The molecule has 0 aliphatic carbocycles. The SMILES string of the molecule is CCc1cc2c(N3CCC[C@H](c4nncn4C)C3)ncnc2s1. The molecule has 0 unspecified atom stereocenters. The smallest absolute Gasteiger partial charge is 0.140 e. The van der Waals surface area contributed by atoms with Crippen LogP contribution in [-0.2, 0) is 13.5 Å². The third-order valence-corrected chi connectivity index (χ3v) is 5.73. The molecule has 0 aromatic carbocycles. The Morgan fingerprint density at radius 3 is 3.04 bits per heavy atom. The second-order valence-electron chi connectivity index (χ2n) is 6.07. The fourth-order valence-electron chi connectivity index (χ4n) is 3.36. The van der Waals surface area contributed by atoms with Gasteiger partial charge in [0.25, 0.3) is 0 Å². The second kappa shape index (κ2) is 5.88. The maximum atomic E-state index is 4.60. The zero-order chi connectivity index (χ0) is 15.8. The lowest BCUT2D eigenvalue weighted by molar-refractivity contribution is 0.478. The molecular formula is C16H20N6S. The molecule has 4 rings (SSSR count). The van der Waals surface area contributed by atoms with Gasteiger partial charge in [0.1, 0.15) is 29.1 Å². The van der Waals surface area contributed by atoms with Gasteiger partial charge < -0.3 is 9.47 Å². The van der Waals surface area contributed by atoms with Crippen molar-refractivity contribution in [3.63, 3.8) is 0 Å². The van der Waals surface area contributed by atoms with E-state index in [1.165, 1.54) is 10.3 Å². The summed E-state index contributed by atoms with van der Waals surface area (Å²) in [6.45, 7) is 4.16. The molecule has 0 spiro atoms. The Hall–Kier alpha value is -2.02. The number of piperidine rings is 1.